The fourth-order valence-corrected chi connectivity index (χ4v) is 2.82. The summed E-state index contributed by atoms with van der Waals surface area (Å²) in [6.07, 6.45) is 6.83. The zero-order valence-corrected chi connectivity index (χ0v) is 8.37. The van der Waals surface area contributed by atoms with Crippen LogP contribution >= 0.6 is 0 Å². The predicted octanol–water partition coefficient (Wildman–Crippen LogP) is 1.20. The Hall–Kier alpha value is -0.730. The van der Waals surface area contributed by atoms with Crippen molar-refractivity contribution in [3.05, 3.63) is 0 Å². The Morgan fingerprint density at radius 2 is 2.08 bits per heavy atom. The van der Waals surface area contributed by atoms with Gasteiger partial charge >= 0.3 is 0 Å². The highest BCUT2D eigenvalue weighted by molar-refractivity contribution is 5.78. The molecule has 74 valence electrons. The summed E-state index contributed by atoms with van der Waals surface area (Å²) in [5, 5.41) is 0. The molecule has 1 saturated carbocycles. The third-order valence-corrected chi connectivity index (χ3v) is 3.53. The van der Waals surface area contributed by atoms with E-state index in [1.54, 1.807) is 7.05 Å². The minimum Gasteiger partial charge on any atom is -0.370 e. The third-order valence-electron chi connectivity index (χ3n) is 3.53. The van der Waals surface area contributed by atoms with E-state index in [9.17, 15) is 0 Å². The first-order valence-electron chi connectivity index (χ1n) is 5.32. The molecule has 3 nitrogen and oxygen atoms in total. The summed E-state index contributed by atoms with van der Waals surface area (Å²) in [6.45, 7) is 1.12. The van der Waals surface area contributed by atoms with Gasteiger partial charge in [-0.25, -0.2) is 0 Å². The monoisotopic (exact) mass is 181 g/mol. The standard InChI is InChI=1S/C10H19N3/c1-12-10(11)13-7-6-8-4-2-3-5-9(8)13/h8-9H,2-7H2,1H3,(H2,11,12)/t8-,9-/m0/s1. The SMILES string of the molecule is CN=C(N)N1CC[C@@H]2CCCC[C@@H]21. The highest BCUT2D eigenvalue weighted by Crippen LogP contribution is 2.35. The molecule has 2 rings (SSSR count). The van der Waals surface area contributed by atoms with Gasteiger partial charge in [0.05, 0.1) is 0 Å². The number of likely N-dealkylation sites (tertiary alicyclic amines) is 1. The Morgan fingerprint density at radius 1 is 1.31 bits per heavy atom. The van der Waals surface area contributed by atoms with Crippen molar-refractivity contribution < 1.29 is 0 Å². The molecule has 0 aromatic carbocycles. The Balaban J connectivity index is 2.06. The number of hydrogen-bond acceptors (Lipinski definition) is 1. The van der Waals surface area contributed by atoms with Crippen LogP contribution in [0.4, 0.5) is 0 Å². The van der Waals surface area contributed by atoms with Gasteiger partial charge in [0, 0.05) is 19.6 Å². The van der Waals surface area contributed by atoms with Crippen molar-refractivity contribution in [1.82, 2.24) is 4.90 Å². The quantitative estimate of drug-likeness (QED) is 0.450. The first-order chi connectivity index (χ1) is 6.33. The Morgan fingerprint density at radius 3 is 2.85 bits per heavy atom. The van der Waals surface area contributed by atoms with Crippen molar-refractivity contribution >= 4 is 5.96 Å². The van der Waals surface area contributed by atoms with E-state index in [-0.39, 0.29) is 0 Å². The van der Waals surface area contributed by atoms with Gasteiger partial charge in [0.1, 0.15) is 0 Å². The second kappa shape index (κ2) is 3.56. The van der Waals surface area contributed by atoms with Crippen molar-refractivity contribution in [2.75, 3.05) is 13.6 Å². The van der Waals surface area contributed by atoms with Gasteiger partial charge in [-0.05, 0) is 25.2 Å². The van der Waals surface area contributed by atoms with Crippen LogP contribution in [0.1, 0.15) is 32.1 Å². The molecule has 0 bridgehead atoms. The molecule has 0 radical (unpaired) electrons. The van der Waals surface area contributed by atoms with Crippen LogP contribution in [0, 0.1) is 5.92 Å². The predicted molar refractivity (Wildman–Crippen MR) is 54.6 cm³/mol. The van der Waals surface area contributed by atoms with Crippen LogP contribution in [0.25, 0.3) is 0 Å². The van der Waals surface area contributed by atoms with Gasteiger partial charge in [0.2, 0.25) is 0 Å². The van der Waals surface area contributed by atoms with Gasteiger partial charge in [0.15, 0.2) is 5.96 Å². The summed E-state index contributed by atoms with van der Waals surface area (Å²) in [5.41, 5.74) is 5.86. The van der Waals surface area contributed by atoms with Gasteiger partial charge in [0.25, 0.3) is 0 Å². The van der Waals surface area contributed by atoms with Crippen LogP contribution in [-0.4, -0.2) is 30.5 Å². The number of nitrogens with zero attached hydrogens (tertiary/aromatic N) is 2. The summed E-state index contributed by atoms with van der Waals surface area (Å²) in [5.74, 6) is 1.64. The molecule has 1 saturated heterocycles. The molecule has 0 aromatic heterocycles. The van der Waals surface area contributed by atoms with Gasteiger partial charge in [-0.1, -0.05) is 12.8 Å². The van der Waals surface area contributed by atoms with Gasteiger partial charge in [-0.2, -0.15) is 0 Å². The van der Waals surface area contributed by atoms with E-state index in [1.165, 1.54) is 32.1 Å². The minimum atomic E-state index is 0.706. The van der Waals surface area contributed by atoms with Gasteiger partial charge in [-0.15, -0.1) is 0 Å². The molecule has 2 aliphatic rings. The molecule has 13 heavy (non-hydrogen) atoms. The fourth-order valence-electron chi connectivity index (χ4n) is 2.82. The summed E-state index contributed by atoms with van der Waals surface area (Å²) < 4.78 is 0. The number of hydrogen-bond donors (Lipinski definition) is 1. The largest absolute Gasteiger partial charge is 0.370 e. The molecule has 0 amide bonds. The lowest BCUT2D eigenvalue weighted by Gasteiger charge is -2.32. The van der Waals surface area contributed by atoms with Crippen LogP contribution in [0.15, 0.2) is 4.99 Å². The summed E-state index contributed by atoms with van der Waals surface area (Å²) in [7, 11) is 1.78. The van der Waals surface area contributed by atoms with Crippen LogP contribution in [0.5, 0.6) is 0 Å². The zero-order chi connectivity index (χ0) is 9.26. The highest BCUT2D eigenvalue weighted by Gasteiger charge is 2.36. The maximum atomic E-state index is 5.86. The first-order valence-corrected chi connectivity index (χ1v) is 5.32. The van der Waals surface area contributed by atoms with E-state index >= 15 is 0 Å². The summed E-state index contributed by atoms with van der Waals surface area (Å²) in [4.78, 5) is 6.39. The average Bonchev–Trinajstić information content (AvgIpc) is 2.60. The molecule has 2 N–H and O–H groups in total. The van der Waals surface area contributed by atoms with Crippen molar-refractivity contribution in [3.63, 3.8) is 0 Å². The summed E-state index contributed by atoms with van der Waals surface area (Å²) >= 11 is 0. The molecule has 0 unspecified atom stereocenters. The van der Waals surface area contributed by atoms with Gasteiger partial charge < -0.3 is 10.6 Å². The van der Waals surface area contributed by atoms with E-state index in [0.29, 0.717) is 6.04 Å². The lowest BCUT2D eigenvalue weighted by Crippen LogP contribution is -2.43. The molecule has 1 aliphatic heterocycles. The molecular weight excluding hydrogens is 162 g/mol. The van der Waals surface area contributed by atoms with E-state index < -0.39 is 0 Å². The van der Waals surface area contributed by atoms with Crippen LogP contribution in [0.2, 0.25) is 0 Å². The molecule has 0 aromatic rings. The number of nitrogens with two attached hydrogens (primary N) is 1. The van der Waals surface area contributed by atoms with Crippen LogP contribution in [-0.2, 0) is 0 Å². The summed E-state index contributed by atoms with van der Waals surface area (Å²) in [6, 6.07) is 0.706. The Bertz CT molecular complexity index is 212. The van der Waals surface area contributed by atoms with E-state index in [2.05, 4.69) is 9.89 Å². The first kappa shape index (κ1) is 8.85. The second-order valence-corrected chi connectivity index (χ2v) is 4.18. The van der Waals surface area contributed by atoms with Crippen molar-refractivity contribution in [2.24, 2.45) is 16.6 Å². The minimum absolute atomic E-state index is 0.706. The van der Waals surface area contributed by atoms with Crippen molar-refractivity contribution in [3.8, 4) is 0 Å². The molecular formula is C10H19N3. The molecule has 3 heteroatoms. The second-order valence-electron chi connectivity index (χ2n) is 4.18. The van der Waals surface area contributed by atoms with Crippen molar-refractivity contribution in [1.29, 1.82) is 0 Å². The number of guanidine groups is 1. The van der Waals surface area contributed by atoms with Crippen molar-refractivity contribution in [2.45, 2.75) is 38.1 Å². The van der Waals surface area contributed by atoms with E-state index in [0.717, 1.165) is 18.4 Å². The Kier molecular flexibility index (Phi) is 2.42. The van der Waals surface area contributed by atoms with Crippen LogP contribution in [0.3, 0.4) is 0 Å². The average molecular weight is 181 g/mol. The maximum absolute atomic E-state index is 5.86. The van der Waals surface area contributed by atoms with E-state index in [4.69, 9.17) is 5.73 Å². The molecule has 0 spiro atoms. The smallest absolute Gasteiger partial charge is 0.191 e. The Labute approximate surface area is 80.0 Å². The molecule has 1 aliphatic carbocycles. The molecule has 2 fully saturated rings. The van der Waals surface area contributed by atoms with Gasteiger partial charge in [-0.3, -0.25) is 4.99 Å². The lowest BCUT2D eigenvalue weighted by atomic mass is 9.85. The number of aliphatic imine (C=N–C) groups is 1. The normalized spacial score (nSPS) is 34.8. The molecule has 2 atom stereocenters. The highest BCUT2D eigenvalue weighted by atomic mass is 15.3. The number of rotatable bonds is 0. The lowest BCUT2D eigenvalue weighted by molar-refractivity contribution is 0.252. The van der Waals surface area contributed by atoms with E-state index in [1.807, 2.05) is 0 Å². The molecule has 1 heterocycles. The maximum Gasteiger partial charge on any atom is 0.191 e. The fraction of sp³-hybridized carbons (Fsp3) is 0.900. The van der Waals surface area contributed by atoms with Crippen LogP contribution < -0.4 is 5.73 Å². The third kappa shape index (κ3) is 1.52. The topological polar surface area (TPSA) is 41.6 Å². The number of fused-ring (bicyclic) bond motifs is 1. The zero-order valence-electron chi connectivity index (χ0n) is 8.37.